The van der Waals surface area contributed by atoms with Crippen LogP contribution in [-0.4, -0.2) is 59.9 Å². The summed E-state index contributed by atoms with van der Waals surface area (Å²) in [5.74, 6) is 3.42. The van der Waals surface area contributed by atoms with E-state index in [-0.39, 0.29) is 6.09 Å². The third-order valence-corrected chi connectivity index (χ3v) is 6.40. The van der Waals surface area contributed by atoms with Crippen LogP contribution in [0.25, 0.3) is 5.57 Å². The van der Waals surface area contributed by atoms with Crippen LogP contribution in [0.1, 0.15) is 38.4 Å². The lowest BCUT2D eigenvalue weighted by Crippen LogP contribution is -2.35. The zero-order valence-corrected chi connectivity index (χ0v) is 21.0. The number of fused-ring (bicyclic) bond motifs is 2. The van der Waals surface area contributed by atoms with Crippen LogP contribution in [0.5, 0.6) is 11.5 Å². The predicted octanol–water partition coefficient (Wildman–Crippen LogP) is 4.61. The number of rotatable bonds is 4. The number of ether oxygens (including phenoxy) is 3. The fourth-order valence-corrected chi connectivity index (χ4v) is 4.93. The van der Waals surface area contributed by atoms with Crippen molar-refractivity contribution in [2.45, 2.75) is 39.7 Å². The van der Waals surface area contributed by atoms with Crippen molar-refractivity contribution in [1.82, 2.24) is 14.9 Å². The third-order valence-electron chi connectivity index (χ3n) is 6.40. The average Bonchev–Trinajstić information content (AvgIpc) is 3.36. The lowest BCUT2D eigenvalue weighted by molar-refractivity contribution is 0.0285. The van der Waals surface area contributed by atoms with Gasteiger partial charge in [0, 0.05) is 49.2 Å². The number of anilines is 3. The average molecular weight is 480 g/mol. The van der Waals surface area contributed by atoms with E-state index in [0.717, 1.165) is 34.9 Å². The second kappa shape index (κ2) is 8.94. The van der Waals surface area contributed by atoms with Crippen molar-refractivity contribution in [3.8, 4) is 11.5 Å². The first kappa shape index (κ1) is 23.3. The van der Waals surface area contributed by atoms with Gasteiger partial charge in [0.15, 0.2) is 11.5 Å². The Balaban J connectivity index is 1.40. The number of aryl methyl sites for hydroxylation is 1. The second-order valence-corrected chi connectivity index (χ2v) is 10.3. The highest BCUT2D eigenvalue weighted by Crippen LogP contribution is 2.47. The van der Waals surface area contributed by atoms with E-state index in [0.29, 0.717) is 49.8 Å². The van der Waals surface area contributed by atoms with Gasteiger partial charge in [0.1, 0.15) is 24.6 Å². The van der Waals surface area contributed by atoms with E-state index < -0.39 is 5.60 Å². The Bertz CT molecular complexity index is 1170. The minimum absolute atomic E-state index is 0.235. The lowest BCUT2D eigenvalue weighted by Gasteiger charge is -2.25. The van der Waals surface area contributed by atoms with Gasteiger partial charge in [-0.2, -0.15) is 4.98 Å². The van der Waals surface area contributed by atoms with E-state index in [1.165, 1.54) is 5.57 Å². The first-order chi connectivity index (χ1) is 16.7. The molecular formula is C26H33N5O4. The summed E-state index contributed by atoms with van der Waals surface area (Å²) in [6, 6.07) is 5.91. The van der Waals surface area contributed by atoms with E-state index in [2.05, 4.69) is 32.7 Å². The number of likely N-dealkylation sites (tertiary alicyclic amines) is 1. The van der Waals surface area contributed by atoms with Crippen LogP contribution >= 0.6 is 0 Å². The van der Waals surface area contributed by atoms with Gasteiger partial charge in [0.25, 0.3) is 0 Å². The number of nitrogens with one attached hydrogen (secondary N) is 2. The Kier molecular flexibility index (Phi) is 5.94. The van der Waals surface area contributed by atoms with Crippen molar-refractivity contribution in [3.63, 3.8) is 0 Å². The fourth-order valence-electron chi connectivity index (χ4n) is 4.93. The summed E-state index contributed by atoms with van der Waals surface area (Å²) < 4.78 is 17.6. The molecule has 5 rings (SSSR count). The SMILES string of the molecule is CNc1cc(C)nc(Nc2cc3c(c(C4=CC5CN(C(=O)OC(C)(C)C)CC5C4)c2)OCCO3)n1. The Morgan fingerprint density at radius 3 is 2.69 bits per heavy atom. The molecule has 1 fully saturated rings. The van der Waals surface area contributed by atoms with Gasteiger partial charge in [-0.3, -0.25) is 0 Å². The van der Waals surface area contributed by atoms with E-state index in [9.17, 15) is 4.79 Å². The molecule has 0 spiro atoms. The maximum atomic E-state index is 12.5. The summed E-state index contributed by atoms with van der Waals surface area (Å²) in [5, 5.41) is 6.40. The molecular weight excluding hydrogens is 446 g/mol. The zero-order chi connectivity index (χ0) is 24.7. The van der Waals surface area contributed by atoms with E-state index in [4.69, 9.17) is 14.2 Å². The number of carbonyl (C=O) groups excluding carboxylic acids is 1. The first-order valence-electron chi connectivity index (χ1n) is 12.1. The molecule has 0 saturated carbocycles. The minimum Gasteiger partial charge on any atom is -0.486 e. The molecule has 0 radical (unpaired) electrons. The van der Waals surface area contributed by atoms with E-state index in [1.807, 2.05) is 51.8 Å². The molecule has 1 aliphatic carbocycles. The molecule has 2 atom stereocenters. The summed E-state index contributed by atoms with van der Waals surface area (Å²) in [5.41, 5.74) is 3.45. The maximum absolute atomic E-state index is 12.5. The van der Waals surface area contributed by atoms with Crippen molar-refractivity contribution >= 4 is 29.1 Å². The van der Waals surface area contributed by atoms with Gasteiger partial charge in [0.2, 0.25) is 5.95 Å². The van der Waals surface area contributed by atoms with E-state index in [1.54, 1.807) is 0 Å². The summed E-state index contributed by atoms with van der Waals surface area (Å²) >= 11 is 0. The maximum Gasteiger partial charge on any atom is 0.410 e. The minimum atomic E-state index is -0.491. The molecule has 1 saturated heterocycles. The summed E-state index contributed by atoms with van der Waals surface area (Å²) in [4.78, 5) is 23.4. The topological polar surface area (TPSA) is 97.8 Å². The number of amides is 1. The van der Waals surface area contributed by atoms with Crippen molar-refractivity contribution in [1.29, 1.82) is 0 Å². The Morgan fingerprint density at radius 1 is 1.14 bits per heavy atom. The van der Waals surface area contributed by atoms with Crippen molar-refractivity contribution < 1.29 is 19.0 Å². The number of benzene rings is 1. The van der Waals surface area contributed by atoms with Crippen molar-refractivity contribution in [3.05, 3.63) is 35.5 Å². The molecule has 1 aromatic heterocycles. The molecule has 3 heterocycles. The number of carbonyl (C=O) groups is 1. The molecule has 2 unspecified atom stereocenters. The van der Waals surface area contributed by atoms with Crippen molar-refractivity contribution in [2.24, 2.45) is 11.8 Å². The Morgan fingerprint density at radius 2 is 1.94 bits per heavy atom. The molecule has 9 heteroatoms. The summed E-state index contributed by atoms with van der Waals surface area (Å²) in [6.07, 6.45) is 2.92. The zero-order valence-electron chi connectivity index (χ0n) is 21.0. The fraction of sp³-hybridized carbons (Fsp3) is 0.500. The Hall–Kier alpha value is -3.49. The largest absolute Gasteiger partial charge is 0.486 e. The molecule has 1 amide bonds. The molecule has 1 aromatic carbocycles. The molecule has 2 aliphatic heterocycles. The van der Waals surface area contributed by atoms with Crippen molar-refractivity contribution in [2.75, 3.05) is 44.0 Å². The number of allylic oxidation sites excluding steroid dienone is 1. The van der Waals surface area contributed by atoms with Gasteiger partial charge in [-0.15, -0.1) is 0 Å². The van der Waals surface area contributed by atoms with Gasteiger partial charge in [-0.05, 0) is 57.6 Å². The molecule has 9 nitrogen and oxygen atoms in total. The molecule has 35 heavy (non-hydrogen) atoms. The van der Waals surface area contributed by atoms with Crippen LogP contribution < -0.4 is 20.1 Å². The van der Waals surface area contributed by atoms with Crippen LogP contribution in [0.4, 0.5) is 22.2 Å². The van der Waals surface area contributed by atoms with Gasteiger partial charge < -0.3 is 29.7 Å². The van der Waals surface area contributed by atoms with Crippen LogP contribution in [0, 0.1) is 18.8 Å². The smallest absolute Gasteiger partial charge is 0.410 e. The molecule has 3 aliphatic rings. The van der Waals surface area contributed by atoms with Gasteiger partial charge in [-0.25, -0.2) is 9.78 Å². The number of nitrogens with zero attached hydrogens (tertiary/aromatic N) is 3. The molecule has 2 aromatic rings. The molecule has 2 N–H and O–H groups in total. The van der Waals surface area contributed by atoms with E-state index >= 15 is 0 Å². The van der Waals surface area contributed by atoms with Crippen LogP contribution in [0.15, 0.2) is 24.3 Å². The highest BCUT2D eigenvalue weighted by Gasteiger charge is 2.40. The monoisotopic (exact) mass is 479 g/mol. The molecule has 186 valence electrons. The highest BCUT2D eigenvalue weighted by atomic mass is 16.6. The highest BCUT2D eigenvalue weighted by molar-refractivity contribution is 5.80. The summed E-state index contributed by atoms with van der Waals surface area (Å²) in [6.45, 7) is 10.0. The third kappa shape index (κ3) is 4.99. The predicted molar refractivity (Wildman–Crippen MR) is 134 cm³/mol. The van der Waals surface area contributed by atoms with Gasteiger partial charge >= 0.3 is 6.09 Å². The standard InChI is InChI=1S/C26H33N5O4/c1-15-8-22(27-5)30-24(28-15)29-19-11-20(23-21(12-19)33-6-7-34-23)16-9-17-13-31(14-18(17)10-16)25(32)35-26(2,3)4/h8-9,11-12,17-18H,6-7,10,13-14H2,1-5H3,(H2,27,28,29,30). The summed E-state index contributed by atoms with van der Waals surface area (Å²) in [7, 11) is 1.83. The normalized spacial score (nSPS) is 20.8. The van der Waals surface area contributed by atoms with Crippen LogP contribution in [0.3, 0.4) is 0 Å². The Labute approximate surface area is 205 Å². The number of aromatic nitrogens is 2. The number of hydrogen-bond donors (Lipinski definition) is 2. The quantitative estimate of drug-likeness (QED) is 0.656. The lowest BCUT2D eigenvalue weighted by atomic mass is 9.97. The van der Waals surface area contributed by atoms with Crippen LogP contribution in [-0.2, 0) is 4.74 Å². The van der Waals surface area contributed by atoms with Gasteiger partial charge in [-0.1, -0.05) is 6.08 Å². The van der Waals surface area contributed by atoms with Gasteiger partial charge in [0.05, 0.1) is 0 Å². The molecule has 0 bridgehead atoms. The first-order valence-corrected chi connectivity index (χ1v) is 12.1. The second-order valence-electron chi connectivity index (χ2n) is 10.3. The number of hydrogen-bond acceptors (Lipinski definition) is 8. The van der Waals surface area contributed by atoms with Crippen LogP contribution in [0.2, 0.25) is 0 Å².